The summed E-state index contributed by atoms with van der Waals surface area (Å²) >= 11 is 3.28. The summed E-state index contributed by atoms with van der Waals surface area (Å²) in [6.45, 7) is 0.991. The number of anilines is 1. The van der Waals surface area contributed by atoms with Gasteiger partial charge in [0.2, 0.25) is 5.91 Å². The highest BCUT2D eigenvalue weighted by Crippen LogP contribution is 2.32. The molecule has 0 saturated carbocycles. The van der Waals surface area contributed by atoms with Crippen molar-refractivity contribution >= 4 is 33.2 Å². The lowest BCUT2D eigenvalue weighted by Crippen LogP contribution is -2.48. The van der Waals surface area contributed by atoms with Gasteiger partial charge in [0, 0.05) is 17.1 Å². The van der Waals surface area contributed by atoms with E-state index in [-0.39, 0.29) is 12.2 Å². The van der Waals surface area contributed by atoms with Crippen molar-refractivity contribution in [1.82, 2.24) is 0 Å². The van der Waals surface area contributed by atoms with Crippen molar-refractivity contribution < 1.29 is 14.5 Å². The van der Waals surface area contributed by atoms with E-state index >= 15 is 0 Å². The van der Waals surface area contributed by atoms with Gasteiger partial charge < -0.3 is 15.4 Å². The molecule has 1 amide bonds. The average Bonchev–Trinajstić information content (AvgIpc) is 2.38. The number of primary amides is 1. The summed E-state index contributed by atoms with van der Waals surface area (Å²) < 4.78 is 5.96. The molecule has 102 valence electrons. The van der Waals surface area contributed by atoms with E-state index in [9.17, 15) is 14.9 Å². The molecule has 0 bridgehead atoms. The molecular weight excluding hydrogens is 318 g/mol. The monoisotopic (exact) mass is 329 g/mol. The van der Waals surface area contributed by atoms with E-state index in [2.05, 4.69) is 15.9 Å². The standard InChI is InChI=1S/C11H12BrN3O4/c12-7-1-2-8(15(17)18)9(5-7)14-3-4-19-10(6-14)11(13)16/h1-2,5,10H,3-4,6H2,(H2,13,16). The van der Waals surface area contributed by atoms with E-state index < -0.39 is 16.9 Å². The molecular formula is C11H12BrN3O4. The number of carbonyl (C=O) groups excluding carboxylic acids is 1. The molecule has 0 aromatic heterocycles. The Kier molecular flexibility index (Phi) is 4.01. The van der Waals surface area contributed by atoms with Gasteiger partial charge in [-0.05, 0) is 12.1 Å². The number of amides is 1. The molecule has 1 aliphatic rings. The number of rotatable bonds is 3. The Labute approximate surface area is 117 Å². The molecule has 2 N–H and O–H groups in total. The molecule has 1 aliphatic heterocycles. The van der Waals surface area contributed by atoms with Crippen LogP contribution in [0.3, 0.4) is 0 Å². The van der Waals surface area contributed by atoms with E-state index in [1.165, 1.54) is 6.07 Å². The van der Waals surface area contributed by atoms with Gasteiger partial charge in [-0.15, -0.1) is 0 Å². The largest absolute Gasteiger partial charge is 0.367 e. The van der Waals surface area contributed by atoms with E-state index in [0.29, 0.717) is 18.8 Å². The van der Waals surface area contributed by atoms with Crippen LogP contribution < -0.4 is 10.6 Å². The predicted molar refractivity (Wildman–Crippen MR) is 71.9 cm³/mol. The van der Waals surface area contributed by atoms with Crippen molar-refractivity contribution in [3.05, 3.63) is 32.8 Å². The third-order valence-corrected chi connectivity index (χ3v) is 3.35. The molecule has 1 heterocycles. The second-order valence-corrected chi connectivity index (χ2v) is 5.01. The Balaban J connectivity index is 2.32. The lowest BCUT2D eigenvalue weighted by Gasteiger charge is -2.32. The first kappa shape index (κ1) is 13.8. The van der Waals surface area contributed by atoms with Crippen molar-refractivity contribution in [2.24, 2.45) is 5.73 Å². The Hall–Kier alpha value is -1.67. The molecule has 0 spiro atoms. The Morgan fingerprint density at radius 2 is 2.32 bits per heavy atom. The number of nitro groups is 1. The second-order valence-electron chi connectivity index (χ2n) is 4.10. The lowest BCUT2D eigenvalue weighted by atomic mass is 10.2. The minimum Gasteiger partial charge on any atom is -0.367 e. The van der Waals surface area contributed by atoms with Crippen LogP contribution in [-0.4, -0.2) is 36.6 Å². The van der Waals surface area contributed by atoms with Crippen LogP contribution >= 0.6 is 15.9 Å². The Morgan fingerprint density at radius 1 is 1.58 bits per heavy atom. The van der Waals surface area contributed by atoms with Crippen LogP contribution in [0.4, 0.5) is 11.4 Å². The number of nitrogens with zero attached hydrogens (tertiary/aromatic N) is 2. The highest BCUT2D eigenvalue weighted by molar-refractivity contribution is 9.10. The fraction of sp³-hybridized carbons (Fsp3) is 0.364. The summed E-state index contributed by atoms with van der Waals surface area (Å²) in [6, 6.07) is 4.68. The summed E-state index contributed by atoms with van der Waals surface area (Å²) in [5.41, 5.74) is 5.65. The minimum absolute atomic E-state index is 0.00618. The van der Waals surface area contributed by atoms with E-state index in [0.717, 1.165) is 4.47 Å². The van der Waals surface area contributed by atoms with Crippen LogP contribution in [0.1, 0.15) is 0 Å². The molecule has 1 fully saturated rings. The number of nitro benzene ring substituents is 1. The number of morpholine rings is 1. The number of nitrogens with two attached hydrogens (primary N) is 1. The normalized spacial score (nSPS) is 19.2. The number of benzene rings is 1. The first-order valence-electron chi connectivity index (χ1n) is 5.59. The molecule has 1 atom stereocenters. The summed E-state index contributed by atoms with van der Waals surface area (Å²) in [5.74, 6) is -0.567. The van der Waals surface area contributed by atoms with E-state index in [4.69, 9.17) is 10.5 Å². The lowest BCUT2D eigenvalue weighted by molar-refractivity contribution is -0.384. The maximum absolute atomic E-state index is 11.1. The second kappa shape index (κ2) is 5.54. The molecule has 1 aromatic rings. The summed E-state index contributed by atoms with van der Waals surface area (Å²) in [7, 11) is 0. The van der Waals surface area contributed by atoms with Gasteiger partial charge in [0.25, 0.3) is 5.69 Å². The molecule has 1 saturated heterocycles. The van der Waals surface area contributed by atoms with Gasteiger partial charge in [0.05, 0.1) is 18.1 Å². The van der Waals surface area contributed by atoms with Gasteiger partial charge in [-0.1, -0.05) is 15.9 Å². The van der Waals surface area contributed by atoms with Crippen LogP contribution in [0, 0.1) is 10.1 Å². The van der Waals surface area contributed by atoms with Gasteiger partial charge in [-0.25, -0.2) is 0 Å². The number of ether oxygens (including phenoxy) is 1. The summed E-state index contributed by atoms with van der Waals surface area (Å²) in [5, 5.41) is 11.0. The molecule has 0 radical (unpaired) electrons. The van der Waals surface area contributed by atoms with Crippen LogP contribution in [0.25, 0.3) is 0 Å². The van der Waals surface area contributed by atoms with Gasteiger partial charge in [0.15, 0.2) is 6.10 Å². The number of hydrogen-bond donors (Lipinski definition) is 1. The van der Waals surface area contributed by atoms with Crippen LogP contribution in [0.5, 0.6) is 0 Å². The average molecular weight is 330 g/mol. The maximum Gasteiger partial charge on any atom is 0.292 e. The summed E-state index contributed by atoms with van der Waals surface area (Å²) in [4.78, 5) is 23.5. The summed E-state index contributed by atoms with van der Waals surface area (Å²) in [6.07, 6.45) is -0.743. The molecule has 7 nitrogen and oxygen atoms in total. The Morgan fingerprint density at radius 3 is 2.95 bits per heavy atom. The predicted octanol–water partition coefficient (Wildman–Crippen LogP) is 1.05. The zero-order valence-electron chi connectivity index (χ0n) is 9.91. The SMILES string of the molecule is NC(=O)C1CN(c2cc(Br)ccc2[N+](=O)[O-])CCO1. The quantitative estimate of drug-likeness (QED) is 0.660. The van der Waals surface area contributed by atoms with Crippen molar-refractivity contribution in [2.75, 3.05) is 24.6 Å². The third-order valence-electron chi connectivity index (χ3n) is 2.86. The van der Waals surface area contributed by atoms with Crippen LogP contribution in [0.15, 0.2) is 22.7 Å². The highest BCUT2D eigenvalue weighted by atomic mass is 79.9. The number of carbonyl (C=O) groups is 1. The smallest absolute Gasteiger partial charge is 0.292 e. The highest BCUT2D eigenvalue weighted by Gasteiger charge is 2.28. The zero-order valence-corrected chi connectivity index (χ0v) is 11.5. The first-order valence-corrected chi connectivity index (χ1v) is 6.38. The molecule has 19 heavy (non-hydrogen) atoms. The van der Waals surface area contributed by atoms with Crippen LogP contribution in [0.2, 0.25) is 0 Å². The fourth-order valence-electron chi connectivity index (χ4n) is 1.94. The van der Waals surface area contributed by atoms with E-state index in [1.807, 2.05) is 0 Å². The number of hydrogen-bond acceptors (Lipinski definition) is 5. The van der Waals surface area contributed by atoms with Gasteiger partial charge >= 0.3 is 0 Å². The van der Waals surface area contributed by atoms with Crippen LogP contribution in [-0.2, 0) is 9.53 Å². The van der Waals surface area contributed by atoms with Crippen molar-refractivity contribution in [3.8, 4) is 0 Å². The zero-order chi connectivity index (χ0) is 14.0. The molecule has 2 rings (SSSR count). The Bertz CT molecular complexity index is 523. The maximum atomic E-state index is 11.1. The number of halogens is 1. The van der Waals surface area contributed by atoms with Gasteiger partial charge in [0.1, 0.15) is 5.69 Å². The molecule has 8 heteroatoms. The topological polar surface area (TPSA) is 98.7 Å². The first-order chi connectivity index (χ1) is 8.99. The van der Waals surface area contributed by atoms with E-state index in [1.54, 1.807) is 17.0 Å². The van der Waals surface area contributed by atoms with Crippen molar-refractivity contribution in [1.29, 1.82) is 0 Å². The van der Waals surface area contributed by atoms with Crippen molar-refractivity contribution in [2.45, 2.75) is 6.10 Å². The van der Waals surface area contributed by atoms with Crippen molar-refractivity contribution in [3.63, 3.8) is 0 Å². The minimum atomic E-state index is -0.743. The molecule has 1 unspecified atom stereocenters. The fourth-order valence-corrected chi connectivity index (χ4v) is 2.29. The third kappa shape index (κ3) is 3.02. The molecule has 0 aliphatic carbocycles. The van der Waals surface area contributed by atoms with Gasteiger partial charge in [-0.3, -0.25) is 14.9 Å². The molecule has 1 aromatic carbocycles. The van der Waals surface area contributed by atoms with Gasteiger partial charge in [-0.2, -0.15) is 0 Å².